The summed E-state index contributed by atoms with van der Waals surface area (Å²) in [7, 11) is 0. The van der Waals surface area contributed by atoms with Crippen molar-refractivity contribution in [2.24, 2.45) is 5.73 Å². The van der Waals surface area contributed by atoms with Gasteiger partial charge in [0.25, 0.3) is 0 Å². The van der Waals surface area contributed by atoms with E-state index in [1.807, 2.05) is 6.26 Å². The van der Waals surface area contributed by atoms with E-state index in [0.29, 0.717) is 5.75 Å². The van der Waals surface area contributed by atoms with Gasteiger partial charge in [-0.1, -0.05) is 0 Å². The van der Waals surface area contributed by atoms with Crippen LogP contribution in [0, 0.1) is 11.6 Å². The van der Waals surface area contributed by atoms with Crippen LogP contribution in [0.2, 0.25) is 0 Å². The van der Waals surface area contributed by atoms with Gasteiger partial charge in [0.1, 0.15) is 11.6 Å². The van der Waals surface area contributed by atoms with Gasteiger partial charge in [0.2, 0.25) is 0 Å². The van der Waals surface area contributed by atoms with Crippen molar-refractivity contribution in [2.45, 2.75) is 12.5 Å². The van der Waals surface area contributed by atoms with Gasteiger partial charge in [0.05, 0.1) is 4.47 Å². The fourth-order valence-corrected chi connectivity index (χ4v) is 2.21. The molecule has 0 heterocycles. The van der Waals surface area contributed by atoms with Crippen molar-refractivity contribution in [3.63, 3.8) is 0 Å². The van der Waals surface area contributed by atoms with Gasteiger partial charge in [-0.15, -0.1) is 0 Å². The first kappa shape index (κ1) is 12.9. The Labute approximate surface area is 101 Å². The van der Waals surface area contributed by atoms with E-state index in [1.165, 1.54) is 12.1 Å². The highest BCUT2D eigenvalue weighted by Gasteiger charge is 2.15. The number of nitrogens with two attached hydrogens (primary N) is 1. The largest absolute Gasteiger partial charge is 0.327 e. The monoisotopic (exact) mass is 295 g/mol. The maximum Gasteiger partial charge on any atom is 0.143 e. The molecule has 0 bridgehead atoms. The van der Waals surface area contributed by atoms with Crippen LogP contribution in [-0.2, 0) is 6.42 Å². The van der Waals surface area contributed by atoms with Crippen LogP contribution in [0.4, 0.5) is 8.78 Å². The molecule has 15 heavy (non-hydrogen) atoms. The summed E-state index contributed by atoms with van der Waals surface area (Å²) in [5.74, 6) is -0.399. The van der Waals surface area contributed by atoms with Gasteiger partial charge >= 0.3 is 0 Å². The lowest BCUT2D eigenvalue weighted by molar-refractivity contribution is 0.539. The Balaban J connectivity index is 2.88. The molecule has 0 aliphatic rings. The van der Waals surface area contributed by atoms with Crippen LogP contribution in [-0.4, -0.2) is 18.1 Å². The fourth-order valence-electron chi connectivity index (χ4n) is 1.29. The van der Waals surface area contributed by atoms with E-state index >= 15 is 0 Å². The highest BCUT2D eigenvalue weighted by Crippen LogP contribution is 2.22. The van der Waals surface area contributed by atoms with Crippen molar-refractivity contribution < 1.29 is 8.78 Å². The lowest BCUT2D eigenvalue weighted by atomic mass is 10.1. The second kappa shape index (κ2) is 5.82. The van der Waals surface area contributed by atoms with Gasteiger partial charge in [-0.05, 0) is 40.7 Å². The van der Waals surface area contributed by atoms with E-state index in [1.54, 1.807) is 11.8 Å². The molecule has 0 fully saturated rings. The van der Waals surface area contributed by atoms with E-state index in [0.717, 1.165) is 0 Å². The highest BCUT2D eigenvalue weighted by molar-refractivity contribution is 9.10. The van der Waals surface area contributed by atoms with Crippen molar-refractivity contribution >= 4 is 27.7 Å². The third-order valence-electron chi connectivity index (χ3n) is 1.99. The van der Waals surface area contributed by atoms with Crippen LogP contribution in [0.3, 0.4) is 0 Å². The second-order valence-electron chi connectivity index (χ2n) is 3.24. The summed E-state index contributed by atoms with van der Waals surface area (Å²) in [5, 5.41) is 0. The van der Waals surface area contributed by atoms with E-state index in [9.17, 15) is 8.78 Å². The Bertz CT molecular complexity index is 346. The molecular weight excluding hydrogens is 284 g/mol. The molecule has 0 radical (unpaired) electrons. The van der Waals surface area contributed by atoms with Crippen molar-refractivity contribution in [1.29, 1.82) is 0 Å². The normalized spacial score (nSPS) is 12.9. The topological polar surface area (TPSA) is 26.0 Å². The predicted molar refractivity (Wildman–Crippen MR) is 64.1 cm³/mol. The molecule has 1 unspecified atom stereocenters. The minimum absolute atomic E-state index is 0.0610. The molecule has 0 amide bonds. The number of hydrogen-bond donors (Lipinski definition) is 1. The molecule has 1 aromatic carbocycles. The number of hydrogen-bond acceptors (Lipinski definition) is 2. The van der Waals surface area contributed by atoms with Crippen LogP contribution in [0.1, 0.15) is 5.56 Å². The molecule has 0 aliphatic heterocycles. The van der Waals surface area contributed by atoms with Gasteiger partial charge in [0.15, 0.2) is 0 Å². The second-order valence-corrected chi connectivity index (χ2v) is 5.01. The molecule has 0 aromatic heterocycles. The molecule has 1 aromatic rings. The lowest BCUT2D eigenvalue weighted by Crippen LogP contribution is -2.26. The summed E-state index contributed by atoms with van der Waals surface area (Å²) in [4.78, 5) is 0. The average Bonchev–Trinajstić information content (AvgIpc) is 2.19. The van der Waals surface area contributed by atoms with Crippen LogP contribution in [0.25, 0.3) is 0 Å². The zero-order valence-electron chi connectivity index (χ0n) is 8.27. The molecule has 5 heteroatoms. The molecule has 1 atom stereocenters. The Kier molecular flexibility index (Phi) is 5.02. The third kappa shape index (κ3) is 3.43. The highest BCUT2D eigenvalue weighted by atomic mass is 79.9. The first-order chi connectivity index (χ1) is 7.06. The Morgan fingerprint density at radius 3 is 2.73 bits per heavy atom. The fraction of sp³-hybridized carbons (Fsp3) is 0.400. The first-order valence-electron chi connectivity index (χ1n) is 4.43. The number of thioether (sulfide) groups is 1. The standard InChI is InChI=1S/C10H12BrF2NS/c1-15-5-6(14)4-7-9(12)3-2-8(11)10(7)13/h2-3,6H,4-5,14H2,1H3. The lowest BCUT2D eigenvalue weighted by Gasteiger charge is -2.12. The summed E-state index contributed by atoms with van der Waals surface area (Å²) in [6.07, 6.45) is 2.13. The Morgan fingerprint density at radius 2 is 2.13 bits per heavy atom. The van der Waals surface area contributed by atoms with Crippen molar-refractivity contribution in [1.82, 2.24) is 0 Å². The van der Waals surface area contributed by atoms with E-state index < -0.39 is 11.6 Å². The van der Waals surface area contributed by atoms with Crippen molar-refractivity contribution in [3.8, 4) is 0 Å². The zero-order valence-corrected chi connectivity index (χ0v) is 10.7. The van der Waals surface area contributed by atoms with E-state index in [2.05, 4.69) is 15.9 Å². The molecule has 84 valence electrons. The van der Waals surface area contributed by atoms with Gasteiger partial charge in [-0.2, -0.15) is 11.8 Å². The van der Waals surface area contributed by atoms with E-state index in [4.69, 9.17) is 5.73 Å². The van der Waals surface area contributed by atoms with Crippen LogP contribution < -0.4 is 5.73 Å². The third-order valence-corrected chi connectivity index (χ3v) is 3.36. The molecule has 0 saturated carbocycles. The SMILES string of the molecule is CSCC(N)Cc1c(F)ccc(Br)c1F. The van der Waals surface area contributed by atoms with Crippen LogP contribution in [0.15, 0.2) is 16.6 Å². The van der Waals surface area contributed by atoms with Gasteiger partial charge in [0, 0.05) is 17.4 Å². The molecule has 0 aliphatic carbocycles. The minimum atomic E-state index is -0.549. The Morgan fingerprint density at radius 1 is 1.47 bits per heavy atom. The summed E-state index contributed by atoms with van der Waals surface area (Å²) >= 11 is 4.58. The summed E-state index contributed by atoms with van der Waals surface area (Å²) in [5.41, 5.74) is 5.80. The van der Waals surface area contributed by atoms with Gasteiger partial charge in [-0.25, -0.2) is 8.78 Å². The molecule has 1 nitrogen and oxygen atoms in total. The molecule has 0 saturated heterocycles. The first-order valence-corrected chi connectivity index (χ1v) is 6.61. The van der Waals surface area contributed by atoms with Crippen LogP contribution >= 0.6 is 27.7 Å². The quantitative estimate of drug-likeness (QED) is 0.865. The smallest absolute Gasteiger partial charge is 0.143 e. The zero-order chi connectivity index (χ0) is 11.4. The predicted octanol–water partition coefficient (Wildman–Crippen LogP) is 2.96. The maximum atomic E-state index is 13.5. The number of halogens is 3. The molecular formula is C10H12BrF2NS. The van der Waals surface area contributed by atoms with Gasteiger partial charge < -0.3 is 5.73 Å². The molecule has 1 rings (SSSR count). The van der Waals surface area contributed by atoms with Crippen LogP contribution in [0.5, 0.6) is 0 Å². The molecule has 0 spiro atoms. The summed E-state index contributed by atoms with van der Waals surface area (Å²) in [6, 6.07) is 2.38. The van der Waals surface area contributed by atoms with Crippen molar-refractivity contribution in [2.75, 3.05) is 12.0 Å². The minimum Gasteiger partial charge on any atom is -0.327 e. The average molecular weight is 296 g/mol. The van der Waals surface area contributed by atoms with Gasteiger partial charge in [-0.3, -0.25) is 0 Å². The Hall–Kier alpha value is -0.130. The molecule has 2 N–H and O–H groups in total. The summed E-state index contributed by atoms with van der Waals surface area (Å²) < 4.78 is 27.1. The van der Waals surface area contributed by atoms with Crippen molar-refractivity contribution in [3.05, 3.63) is 33.8 Å². The van der Waals surface area contributed by atoms with E-state index in [-0.39, 0.29) is 22.5 Å². The number of rotatable bonds is 4. The number of benzene rings is 1. The maximum absolute atomic E-state index is 13.5. The summed E-state index contributed by atoms with van der Waals surface area (Å²) in [6.45, 7) is 0.